The maximum atomic E-state index is 12.1. The van der Waals surface area contributed by atoms with E-state index in [-0.39, 0.29) is 11.3 Å². The number of nitriles is 1. The van der Waals surface area contributed by atoms with E-state index in [2.05, 4.69) is 4.72 Å². The molecule has 1 atom stereocenters. The van der Waals surface area contributed by atoms with Gasteiger partial charge in [-0.1, -0.05) is 0 Å². The minimum absolute atomic E-state index is 0.0986. The number of nitrogens with one attached hydrogen (secondary N) is 1. The lowest BCUT2D eigenvalue weighted by Crippen LogP contribution is -2.32. The van der Waals surface area contributed by atoms with Crippen LogP contribution in [0.1, 0.15) is 13.3 Å². The Morgan fingerprint density at radius 2 is 2.05 bits per heavy atom. The molecule has 0 aromatic heterocycles. The molecule has 0 saturated heterocycles. The molecule has 0 bridgehead atoms. The third kappa shape index (κ3) is 3.16. The van der Waals surface area contributed by atoms with Crippen LogP contribution < -0.4 is 14.2 Å². The Hall–Kier alpha value is -1.78. The van der Waals surface area contributed by atoms with Crippen molar-refractivity contribution in [2.24, 2.45) is 0 Å². The molecule has 1 aromatic carbocycles. The van der Waals surface area contributed by atoms with Gasteiger partial charge in [-0.2, -0.15) is 5.26 Å². The van der Waals surface area contributed by atoms with Gasteiger partial charge < -0.3 is 9.47 Å². The Bertz CT molecular complexity index is 607. The minimum atomic E-state index is -3.65. The summed E-state index contributed by atoms with van der Waals surface area (Å²) >= 11 is 0. The van der Waals surface area contributed by atoms with Crippen LogP contribution in [-0.4, -0.2) is 27.7 Å². The molecule has 1 aliphatic heterocycles. The van der Waals surface area contributed by atoms with Crippen molar-refractivity contribution in [1.82, 2.24) is 4.72 Å². The van der Waals surface area contributed by atoms with Gasteiger partial charge in [-0.05, 0) is 19.1 Å². The maximum absolute atomic E-state index is 12.1. The van der Waals surface area contributed by atoms with E-state index in [1.807, 2.05) is 6.07 Å². The van der Waals surface area contributed by atoms with E-state index in [4.69, 9.17) is 14.7 Å². The number of rotatable bonds is 4. The van der Waals surface area contributed by atoms with E-state index in [1.165, 1.54) is 12.1 Å². The number of ether oxygens (including phenoxy) is 2. The minimum Gasteiger partial charge on any atom is -0.486 e. The van der Waals surface area contributed by atoms with Crippen LogP contribution >= 0.6 is 0 Å². The number of nitrogens with zero attached hydrogens (tertiary/aromatic N) is 1. The van der Waals surface area contributed by atoms with Crippen molar-refractivity contribution in [3.8, 4) is 17.6 Å². The van der Waals surface area contributed by atoms with Gasteiger partial charge in [0.2, 0.25) is 10.0 Å². The van der Waals surface area contributed by atoms with Gasteiger partial charge in [-0.15, -0.1) is 0 Å². The Morgan fingerprint density at radius 3 is 2.74 bits per heavy atom. The topological polar surface area (TPSA) is 88.4 Å². The predicted molar refractivity (Wildman–Crippen MR) is 67.4 cm³/mol. The average molecular weight is 282 g/mol. The number of sulfonamides is 1. The Morgan fingerprint density at radius 1 is 1.37 bits per heavy atom. The van der Waals surface area contributed by atoms with Crippen molar-refractivity contribution in [3.05, 3.63) is 18.2 Å². The third-order valence-electron chi connectivity index (χ3n) is 2.58. The normalized spacial score (nSPS) is 15.6. The molecular weight excluding hydrogens is 268 g/mol. The SMILES string of the molecule is CC(CC#N)NS(=O)(=O)c1ccc2c(c1)OCCO2. The van der Waals surface area contributed by atoms with Gasteiger partial charge in [0, 0.05) is 12.1 Å². The molecule has 19 heavy (non-hydrogen) atoms. The van der Waals surface area contributed by atoms with Crippen LogP contribution in [0.2, 0.25) is 0 Å². The van der Waals surface area contributed by atoms with Crippen molar-refractivity contribution < 1.29 is 17.9 Å². The molecule has 6 nitrogen and oxygen atoms in total. The molecule has 7 heteroatoms. The van der Waals surface area contributed by atoms with Gasteiger partial charge in [-0.25, -0.2) is 13.1 Å². The highest BCUT2D eigenvalue weighted by Gasteiger charge is 2.20. The lowest BCUT2D eigenvalue weighted by molar-refractivity contribution is 0.171. The smallest absolute Gasteiger partial charge is 0.240 e. The molecule has 0 amide bonds. The highest BCUT2D eigenvalue weighted by Crippen LogP contribution is 2.32. The van der Waals surface area contributed by atoms with E-state index in [0.717, 1.165) is 0 Å². The second-order valence-electron chi connectivity index (χ2n) is 4.19. The monoisotopic (exact) mass is 282 g/mol. The lowest BCUT2D eigenvalue weighted by Gasteiger charge is -2.19. The summed E-state index contributed by atoms with van der Waals surface area (Å²) in [5.41, 5.74) is 0. The summed E-state index contributed by atoms with van der Waals surface area (Å²) < 4.78 is 37.3. The molecule has 2 rings (SSSR count). The fourth-order valence-electron chi connectivity index (χ4n) is 1.70. The van der Waals surface area contributed by atoms with Gasteiger partial charge in [0.1, 0.15) is 13.2 Å². The summed E-state index contributed by atoms with van der Waals surface area (Å²) in [5.74, 6) is 0.956. The molecule has 1 aromatic rings. The molecule has 0 aliphatic carbocycles. The van der Waals surface area contributed by atoms with E-state index in [0.29, 0.717) is 24.7 Å². The Labute approximate surface area is 112 Å². The standard InChI is InChI=1S/C12H14N2O4S/c1-9(4-5-13)14-19(15,16)10-2-3-11-12(8-10)18-7-6-17-11/h2-3,8-9,14H,4,6-7H2,1H3. The maximum Gasteiger partial charge on any atom is 0.240 e. The summed E-state index contributed by atoms with van der Waals surface area (Å²) in [6, 6.07) is 5.93. The number of hydrogen-bond acceptors (Lipinski definition) is 5. The highest BCUT2D eigenvalue weighted by molar-refractivity contribution is 7.89. The van der Waals surface area contributed by atoms with Crippen LogP contribution in [0.4, 0.5) is 0 Å². The molecular formula is C12H14N2O4S. The highest BCUT2D eigenvalue weighted by atomic mass is 32.2. The summed E-state index contributed by atoms with van der Waals surface area (Å²) in [4.78, 5) is 0.0986. The third-order valence-corrected chi connectivity index (χ3v) is 4.16. The van der Waals surface area contributed by atoms with Crippen LogP contribution in [0, 0.1) is 11.3 Å². The number of benzene rings is 1. The molecule has 1 heterocycles. The first-order chi connectivity index (χ1) is 9.03. The Balaban J connectivity index is 2.23. The largest absolute Gasteiger partial charge is 0.486 e. The average Bonchev–Trinajstić information content (AvgIpc) is 2.37. The first kappa shape index (κ1) is 13.6. The quantitative estimate of drug-likeness (QED) is 0.891. The first-order valence-corrected chi connectivity index (χ1v) is 7.30. The van der Waals surface area contributed by atoms with E-state index < -0.39 is 16.1 Å². The van der Waals surface area contributed by atoms with Crippen molar-refractivity contribution in [2.45, 2.75) is 24.3 Å². The van der Waals surface area contributed by atoms with Crippen molar-refractivity contribution in [2.75, 3.05) is 13.2 Å². The molecule has 0 fully saturated rings. The zero-order valence-corrected chi connectivity index (χ0v) is 11.2. The first-order valence-electron chi connectivity index (χ1n) is 5.82. The zero-order valence-electron chi connectivity index (χ0n) is 10.4. The predicted octanol–water partition coefficient (Wildman–Crippen LogP) is 1.04. The van der Waals surface area contributed by atoms with Crippen LogP contribution in [-0.2, 0) is 10.0 Å². The van der Waals surface area contributed by atoms with Gasteiger partial charge in [-0.3, -0.25) is 0 Å². The van der Waals surface area contributed by atoms with Crippen molar-refractivity contribution in [1.29, 1.82) is 5.26 Å². The van der Waals surface area contributed by atoms with Gasteiger partial charge in [0.15, 0.2) is 11.5 Å². The number of fused-ring (bicyclic) bond motifs is 1. The summed E-state index contributed by atoms with van der Waals surface area (Å²) in [6.07, 6.45) is 0.115. The van der Waals surface area contributed by atoms with Crippen LogP contribution in [0.5, 0.6) is 11.5 Å². The number of hydrogen-bond donors (Lipinski definition) is 1. The summed E-state index contributed by atoms with van der Waals surface area (Å²) in [5, 5.41) is 8.54. The Kier molecular flexibility index (Phi) is 3.93. The van der Waals surface area contributed by atoms with Crippen LogP contribution in [0.25, 0.3) is 0 Å². The second kappa shape index (κ2) is 5.47. The van der Waals surface area contributed by atoms with E-state index in [9.17, 15) is 8.42 Å². The summed E-state index contributed by atoms with van der Waals surface area (Å²) in [6.45, 7) is 2.49. The van der Waals surface area contributed by atoms with E-state index in [1.54, 1.807) is 13.0 Å². The molecule has 102 valence electrons. The lowest BCUT2D eigenvalue weighted by atomic mass is 10.3. The van der Waals surface area contributed by atoms with Crippen molar-refractivity contribution >= 4 is 10.0 Å². The molecule has 1 unspecified atom stereocenters. The van der Waals surface area contributed by atoms with Crippen LogP contribution in [0.3, 0.4) is 0 Å². The van der Waals surface area contributed by atoms with Crippen LogP contribution in [0.15, 0.2) is 23.1 Å². The van der Waals surface area contributed by atoms with Gasteiger partial charge >= 0.3 is 0 Å². The van der Waals surface area contributed by atoms with Crippen molar-refractivity contribution in [3.63, 3.8) is 0 Å². The van der Waals surface area contributed by atoms with E-state index >= 15 is 0 Å². The molecule has 0 spiro atoms. The van der Waals surface area contributed by atoms with Gasteiger partial charge in [0.25, 0.3) is 0 Å². The molecule has 1 aliphatic rings. The molecule has 1 N–H and O–H groups in total. The second-order valence-corrected chi connectivity index (χ2v) is 5.90. The fourth-order valence-corrected chi connectivity index (χ4v) is 2.96. The molecule has 0 saturated carbocycles. The summed E-state index contributed by atoms with van der Waals surface area (Å²) in [7, 11) is -3.65. The fraction of sp³-hybridized carbons (Fsp3) is 0.417. The van der Waals surface area contributed by atoms with Gasteiger partial charge in [0.05, 0.1) is 17.4 Å². The zero-order chi connectivity index (χ0) is 13.9. The molecule has 0 radical (unpaired) electrons.